The van der Waals surface area contributed by atoms with Crippen LogP contribution >= 0.6 is 0 Å². The lowest BCUT2D eigenvalue weighted by atomic mass is 10.1. The van der Waals surface area contributed by atoms with Crippen LogP contribution in [0.5, 0.6) is 0 Å². The number of aryl methyl sites for hydroxylation is 1. The molecule has 1 saturated heterocycles. The van der Waals surface area contributed by atoms with Crippen molar-refractivity contribution >= 4 is 5.91 Å². The second-order valence-corrected chi connectivity index (χ2v) is 4.77. The number of halogens is 1. The Morgan fingerprint density at radius 3 is 2.83 bits per heavy atom. The third-order valence-corrected chi connectivity index (χ3v) is 3.36. The van der Waals surface area contributed by atoms with Gasteiger partial charge in [0.1, 0.15) is 5.82 Å². The molecule has 3 nitrogen and oxygen atoms in total. The van der Waals surface area contributed by atoms with E-state index in [9.17, 15) is 9.18 Å². The van der Waals surface area contributed by atoms with Gasteiger partial charge < -0.3 is 10.2 Å². The highest BCUT2D eigenvalue weighted by atomic mass is 19.1. The lowest BCUT2D eigenvalue weighted by molar-refractivity contribution is -0.133. The zero-order valence-electron chi connectivity index (χ0n) is 10.7. The molecule has 1 aliphatic heterocycles. The van der Waals surface area contributed by atoms with E-state index in [1.54, 1.807) is 12.1 Å². The molecule has 0 saturated carbocycles. The smallest absolute Gasteiger partial charge is 0.223 e. The number of hydrogen-bond acceptors (Lipinski definition) is 2. The van der Waals surface area contributed by atoms with Crippen molar-refractivity contribution in [2.75, 3.05) is 19.6 Å². The van der Waals surface area contributed by atoms with Crippen molar-refractivity contribution in [1.82, 2.24) is 10.2 Å². The minimum Gasteiger partial charge on any atom is -0.337 e. The third-order valence-electron chi connectivity index (χ3n) is 3.36. The van der Waals surface area contributed by atoms with Crippen molar-refractivity contribution in [3.05, 3.63) is 35.6 Å². The summed E-state index contributed by atoms with van der Waals surface area (Å²) in [6, 6.07) is 6.62. The fourth-order valence-corrected chi connectivity index (χ4v) is 2.26. The number of nitrogens with one attached hydrogen (secondary N) is 1. The highest BCUT2D eigenvalue weighted by Gasteiger charge is 2.22. The first-order valence-electron chi connectivity index (χ1n) is 6.41. The Balaban J connectivity index is 1.85. The molecule has 1 aromatic carbocycles. The normalized spacial score (nSPS) is 19.9. The SMILES string of the molecule is C[C@@H]1CNCCN1C(=O)CCc1ccc(F)cc1. The van der Waals surface area contributed by atoms with Crippen molar-refractivity contribution in [2.24, 2.45) is 0 Å². The van der Waals surface area contributed by atoms with E-state index >= 15 is 0 Å². The molecule has 1 atom stereocenters. The van der Waals surface area contributed by atoms with Crippen LogP contribution in [0.25, 0.3) is 0 Å². The second-order valence-electron chi connectivity index (χ2n) is 4.77. The van der Waals surface area contributed by atoms with Gasteiger partial charge in [0, 0.05) is 32.1 Å². The summed E-state index contributed by atoms with van der Waals surface area (Å²) in [4.78, 5) is 14.0. The van der Waals surface area contributed by atoms with Crippen LogP contribution in [0.3, 0.4) is 0 Å². The summed E-state index contributed by atoms with van der Waals surface area (Å²) in [5.41, 5.74) is 1.01. The van der Waals surface area contributed by atoms with Crippen LogP contribution in [0.2, 0.25) is 0 Å². The van der Waals surface area contributed by atoms with E-state index in [0.29, 0.717) is 12.8 Å². The standard InChI is InChI=1S/C14H19FN2O/c1-11-10-16-8-9-17(11)14(18)7-4-12-2-5-13(15)6-3-12/h2-3,5-6,11,16H,4,7-10H2,1H3/t11-/m1/s1. The maximum atomic E-state index is 12.7. The van der Waals surface area contributed by atoms with Crippen molar-refractivity contribution < 1.29 is 9.18 Å². The van der Waals surface area contributed by atoms with Crippen LogP contribution < -0.4 is 5.32 Å². The lowest BCUT2D eigenvalue weighted by Crippen LogP contribution is -2.52. The third kappa shape index (κ3) is 3.29. The molecule has 0 bridgehead atoms. The topological polar surface area (TPSA) is 32.3 Å². The summed E-state index contributed by atoms with van der Waals surface area (Å²) in [7, 11) is 0. The molecular weight excluding hydrogens is 231 g/mol. The van der Waals surface area contributed by atoms with Crippen LogP contribution in [0.4, 0.5) is 4.39 Å². The molecule has 2 rings (SSSR count). The van der Waals surface area contributed by atoms with Gasteiger partial charge in [-0.25, -0.2) is 4.39 Å². The zero-order chi connectivity index (χ0) is 13.0. The molecule has 1 heterocycles. The number of carbonyl (C=O) groups excluding carboxylic acids is 1. The minimum atomic E-state index is -0.235. The number of amides is 1. The van der Waals surface area contributed by atoms with E-state index in [4.69, 9.17) is 0 Å². The van der Waals surface area contributed by atoms with Crippen LogP contribution in [-0.2, 0) is 11.2 Å². The molecule has 0 aromatic heterocycles. The lowest BCUT2D eigenvalue weighted by Gasteiger charge is -2.34. The summed E-state index contributed by atoms with van der Waals surface area (Å²) in [5.74, 6) is -0.0471. The van der Waals surface area contributed by atoms with Gasteiger partial charge in [-0.1, -0.05) is 12.1 Å². The predicted molar refractivity (Wildman–Crippen MR) is 68.8 cm³/mol. The Labute approximate surface area is 107 Å². The zero-order valence-corrected chi connectivity index (χ0v) is 10.7. The van der Waals surface area contributed by atoms with Gasteiger partial charge in [-0.05, 0) is 31.0 Å². The van der Waals surface area contributed by atoms with Crippen LogP contribution in [-0.4, -0.2) is 36.5 Å². The molecule has 98 valence electrons. The molecular formula is C14H19FN2O. The number of rotatable bonds is 3. The molecule has 1 N–H and O–H groups in total. The Bertz CT molecular complexity index is 405. The molecule has 1 amide bonds. The number of carbonyl (C=O) groups is 1. The first-order valence-corrected chi connectivity index (χ1v) is 6.41. The summed E-state index contributed by atoms with van der Waals surface area (Å²) in [5, 5.41) is 3.26. The van der Waals surface area contributed by atoms with Gasteiger partial charge in [-0.3, -0.25) is 4.79 Å². The maximum Gasteiger partial charge on any atom is 0.223 e. The van der Waals surface area contributed by atoms with Gasteiger partial charge in [0.05, 0.1) is 0 Å². The monoisotopic (exact) mass is 250 g/mol. The quantitative estimate of drug-likeness (QED) is 0.883. The Morgan fingerprint density at radius 2 is 2.17 bits per heavy atom. The molecule has 1 aliphatic rings. The number of hydrogen-bond donors (Lipinski definition) is 1. The maximum absolute atomic E-state index is 12.7. The Hall–Kier alpha value is -1.42. The first kappa shape index (κ1) is 13.0. The van der Waals surface area contributed by atoms with Gasteiger partial charge in [-0.15, -0.1) is 0 Å². The minimum absolute atomic E-state index is 0.188. The highest BCUT2D eigenvalue weighted by molar-refractivity contribution is 5.77. The van der Waals surface area contributed by atoms with Gasteiger partial charge in [0.2, 0.25) is 5.91 Å². The molecule has 0 aliphatic carbocycles. The molecule has 1 aromatic rings. The fraction of sp³-hybridized carbons (Fsp3) is 0.500. The van der Waals surface area contributed by atoms with Crippen LogP contribution in [0.15, 0.2) is 24.3 Å². The molecule has 0 unspecified atom stereocenters. The van der Waals surface area contributed by atoms with E-state index in [1.165, 1.54) is 12.1 Å². The molecule has 0 spiro atoms. The summed E-state index contributed by atoms with van der Waals surface area (Å²) < 4.78 is 12.7. The average Bonchev–Trinajstić information content (AvgIpc) is 2.38. The molecule has 18 heavy (non-hydrogen) atoms. The van der Waals surface area contributed by atoms with E-state index in [1.807, 2.05) is 4.90 Å². The second kappa shape index (κ2) is 5.96. The van der Waals surface area contributed by atoms with Gasteiger partial charge >= 0.3 is 0 Å². The fourth-order valence-electron chi connectivity index (χ4n) is 2.26. The average molecular weight is 250 g/mol. The summed E-state index contributed by atoms with van der Waals surface area (Å²) in [6.07, 6.45) is 1.17. The number of piperazine rings is 1. The predicted octanol–water partition coefficient (Wildman–Crippen LogP) is 1.58. The Kier molecular flexibility index (Phi) is 4.31. The molecule has 0 radical (unpaired) electrons. The largest absolute Gasteiger partial charge is 0.337 e. The highest BCUT2D eigenvalue weighted by Crippen LogP contribution is 2.09. The van der Waals surface area contributed by atoms with Crippen LogP contribution in [0.1, 0.15) is 18.9 Å². The number of nitrogens with zero attached hydrogens (tertiary/aromatic N) is 1. The first-order chi connectivity index (χ1) is 8.66. The van der Waals surface area contributed by atoms with Gasteiger partial charge in [0.25, 0.3) is 0 Å². The van der Waals surface area contributed by atoms with Gasteiger partial charge in [-0.2, -0.15) is 0 Å². The van der Waals surface area contributed by atoms with E-state index in [-0.39, 0.29) is 17.8 Å². The molecule has 1 fully saturated rings. The molecule has 4 heteroatoms. The van der Waals surface area contributed by atoms with E-state index in [2.05, 4.69) is 12.2 Å². The van der Waals surface area contributed by atoms with Crippen LogP contribution in [0, 0.1) is 5.82 Å². The van der Waals surface area contributed by atoms with Crippen molar-refractivity contribution in [2.45, 2.75) is 25.8 Å². The van der Waals surface area contributed by atoms with Gasteiger partial charge in [0.15, 0.2) is 0 Å². The van der Waals surface area contributed by atoms with Crippen molar-refractivity contribution in [3.8, 4) is 0 Å². The van der Waals surface area contributed by atoms with E-state index in [0.717, 1.165) is 25.2 Å². The Morgan fingerprint density at radius 1 is 1.44 bits per heavy atom. The summed E-state index contributed by atoms with van der Waals surface area (Å²) in [6.45, 7) is 4.57. The van der Waals surface area contributed by atoms with E-state index < -0.39 is 0 Å². The summed E-state index contributed by atoms with van der Waals surface area (Å²) >= 11 is 0. The van der Waals surface area contributed by atoms with Crippen molar-refractivity contribution in [1.29, 1.82) is 0 Å². The number of benzene rings is 1. The van der Waals surface area contributed by atoms with Crippen molar-refractivity contribution in [3.63, 3.8) is 0 Å².